The summed E-state index contributed by atoms with van der Waals surface area (Å²) in [6, 6.07) is 0. The minimum Gasteiger partial charge on any atom is -0.462 e. The molecule has 1 fully saturated rings. The number of unbranched alkanes of at least 4 members (excludes halogenated alkanes) is 10. The summed E-state index contributed by atoms with van der Waals surface area (Å²) < 4.78 is 33.3. The summed E-state index contributed by atoms with van der Waals surface area (Å²) in [6.07, 6.45) is 24.5. The van der Waals surface area contributed by atoms with Gasteiger partial charge < -0.3 is 39.9 Å². The van der Waals surface area contributed by atoms with E-state index in [1.165, 1.54) is 32.1 Å². The Hall–Kier alpha value is -2.45. The largest absolute Gasteiger partial charge is 0.472 e. The zero-order valence-electron chi connectivity index (χ0n) is 33.7. The highest BCUT2D eigenvalue weighted by Crippen LogP contribution is 2.47. The maximum absolute atomic E-state index is 12.7. The van der Waals surface area contributed by atoms with Crippen molar-refractivity contribution in [2.45, 2.75) is 179 Å². The zero-order valence-corrected chi connectivity index (χ0v) is 34.5. The van der Waals surface area contributed by atoms with Crippen LogP contribution in [0.25, 0.3) is 0 Å². The predicted molar refractivity (Wildman–Crippen MR) is 216 cm³/mol. The molecule has 0 aliphatic heterocycles. The molecule has 1 rings (SSSR count). The van der Waals surface area contributed by atoms with Crippen LogP contribution >= 0.6 is 7.82 Å². The van der Waals surface area contributed by atoms with E-state index < -0.39 is 75.7 Å². The molecule has 0 aromatic carbocycles. The van der Waals surface area contributed by atoms with Crippen molar-refractivity contribution in [1.82, 2.24) is 0 Å². The molecule has 0 spiro atoms. The second-order valence-corrected chi connectivity index (χ2v) is 15.5. The molecule has 0 saturated heterocycles. The molecule has 56 heavy (non-hydrogen) atoms. The average molecular weight is 815 g/mol. The van der Waals surface area contributed by atoms with Crippen LogP contribution in [0.3, 0.4) is 0 Å². The fourth-order valence-electron chi connectivity index (χ4n) is 5.79. The summed E-state index contributed by atoms with van der Waals surface area (Å²) in [5.41, 5.74) is 0. The van der Waals surface area contributed by atoms with Crippen LogP contribution in [0, 0.1) is 0 Å². The van der Waals surface area contributed by atoms with Gasteiger partial charge in [-0.15, -0.1) is 0 Å². The lowest BCUT2D eigenvalue weighted by molar-refractivity contribution is -0.220. The number of allylic oxidation sites excluding steroid dienone is 10. The number of phosphoric ester groups is 1. The summed E-state index contributed by atoms with van der Waals surface area (Å²) in [5.74, 6) is -1.17. The molecule has 1 saturated carbocycles. The van der Waals surface area contributed by atoms with Crippen LogP contribution in [-0.2, 0) is 32.7 Å². The van der Waals surface area contributed by atoms with Gasteiger partial charge in [0.2, 0.25) is 0 Å². The molecule has 6 N–H and O–H groups in total. The number of hydrogen-bond donors (Lipinski definition) is 6. The van der Waals surface area contributed by atoms with Crippen LogP contribution < -0.4 is 0 Å². The monoisotopic (exact) mass is 814 g/mol. The van der Waals surface area contributed by atoms with E-state index in [2.05, 4.69) is 62.5 Å². The smallest absolute Gasteiger partial charge is 0.462 e. The van der Waals surface area contributed by atoms with Gasteiger partial charge in [-0.2, -0.15) is 0 Å². The third kappa shape index (κ3) is 25.0. The Labute approximate surface area is 334 Å². The van der Waals surface area contributed by atoms with E-state index >= 15 is 0 Å². The van der Waals surface area contributed by atoms with Gasteiger partial charge in [0.15, 0.2) is 6.10 Å². The lowest BCUT2D eigenvalue weighted by Gasteiger charge is -2.41. The SMILES string of the molecule is CC/C=C/C/C=C/C/C=C/C/C=C/C/C=C/CCCC(=O)OC[C@@H](COP(=O)(O)OC1C(O)C(O)C(O)[C@H](O)C1O)OC(=O)CCCCCCCCCCCC. The van der Waals surface area contributed by atoms with Crippen molar-refractivity contribution in [3.8, 4) is 0 Å². The second kappa shape index (κ2) is 32.5. The summed E-state index contributed by atoms with van der Waals surface area (Å²) in [7, 11) is -5.12. The zero-order chi connectivity index (χ0) is 41.4. The summed E-state index contributed by atoms with van der Waals surface area (Å²) in [4.78, 5) is 35.5. The molecule has 0 aromatic heterocycles. The number of aliphatic hydroxyl groups excluding tert-OH is 5. The van der Waals surface area contributed by atoms with Gasteiger partial charge >= 0.3 is 19.8 Å². The van der Waals surface area contributed by atoms with Gasteiger partial charge in [-0.25, -0.2) is 4.57 Å². The highest BCUT2D eigenvalue weighted by Gasteiger charge is 2.51. The van der Waals surface area contributed by atoms with E-state index in [4.69, 9.17) is 18.5 Å². The molecule has 6 unspecified atom stereocenters. The fraction of sp³-hybridized carbons (Fsp3) is 0.714. The third-order valence-electron chi connectivity index (χ3n) is 9.12. The van der Waals surface area contributed by atoms with Gasteiger partial charge in [-0.05, 0) is 51.4 Å². The molecular formula is C42H71O13P. The van der Waals surface area contributed by atoms with Crippen molar-refractivity contribution >= 4 is 19.8 Å². The molecule has 0 aromatic rings. The number of carbonyl (C=O) groups excluding carboxylic acids is 2. The third-order valence-corrected chi connectivity index (χ3v) is 10.1. The Morgan fingerprint density at radius 3 is 1.54 bits per heavy atom. The molecule has 322 valence electrons. The van der Waals surface area contributed by atoms with Gasteiger partial charge in [0.1, 0.15) is 43.2 Å². The van der Waals surface area contributed by atoms with Gasteiger partial charge in [-0.1, -0.05) is 132 Å². The van der Waals surface area contributed by atoms with Crippen molar-refractivity contribution in [2.75, 3.05) is 13.2 Å². The Morgan fingerprint density at radius 2 is 1.02 bits per heavy atom. The molecule has 0 amide bonds. The van der Waals surface area contributed by atoms with Crippen molar-refractivity contribution in [3.63, 3.8) is 0 Å². The van der Waals surface area contributed by atoms with Crippen LogP contribution in [0.1, 0.15) is 136 Å². The predicted octanol–water partition coefficient (Wildman–Crippen LogP) is 6.99. The highest BCUT2D eigenvalue weighted by atomic mass is 31.2. The molecule has 1 aliphatic rings. The quantitative estimate of drug-likeness (QED) is 0.0175. The first-order valence-electron chi connectivity index (χ1n) is 20.6. The summed E-state index contributed by atoms with van der Waals surface area (Å²) >= 11 is 0. The normalized spacial score (nSPS) is 23.5. The number of aliphatic hydroxyl groups is 5. The number of rotatable bonds is 32. The maximum atomic E-state index is 12.7. The van der Waals surface area contributed by atoms with Gasteiger partial charge in [0.25, 0.3) is 0 Å². The molecule has 8 atom stereocenters. The fourth-order valence-corrected chi connectivity index (χ4v) is 6.76. The molecule has 14 heteroatoms. The Morgan fingerprint density at radius 1 is 0.571 bits per heavy atom. The molecular weight excluding hydrogens is 743 g/mol. The van der Waals surface area contributed by atoms with E-state index in [-0.39, 0.29) is 12.8 Å². The number of phosphoric acid groups is 1. The van der Waals surface area contributed by atoms with E-state index in [1.807, 2.05) is 12.2 Å². The Balaban J connectivity index is 2.54. The van der Waals surface area contributed by atoms with Crippen LogP contribution in [0.5, 0.6) is 0 Å². The lowest BCUT2D eigenvalue weighted by Crippen LogP contribution is -2.64. The minimum atomic E-state index is -5.12. The van der Waals surface area contributed by atoms with Crippen LogP contribution in [-0.4, -0.2) is 98.3 Å². The summed E-state index contributed by atoms with van der Waals surface area (Å²) in [5, 5.41) is 50.0. The van der Waals surface area contributed by atoms with Gasteiger partial charge in [-0.3, -0.25) is 18.6 Å². The number of ether oxygens (including phenoxy) is 2. The van der Waals surface area contributed by atoms with Crippen molar-refractivity contribution < 1.29 is 63.1 Å². The molecule has 1 aliphatic carbocycles. The number of esters is 2. The molecule has 0 bridgehead atoms. The first-order chi connectivity index (χ1) is 26.9. The van der Waals surface area contributed by atoms with Gasteiger partial charge in [0.05, 0.1) is 6.61 Å². The first-order valence-corrected chi connectivity index (χ1v) is 22.1. The Bertz CT molecular complexity index is 1220. The number of carbonyl (C=O) groups is 2. The van der Waals surface area contributed by atoms with Crippen molar-refractivity contribution in [3.05, 3.63) is 60.8 Å². The highest BCUT2D eigenvalue weighted by molar-refractivity contribution is 7.47. The van der Waals surface area contributed by atoms with Gasteiger partial charge in [0, 0.05) is 12.8 Å². The topological polar surface area (TPSA) is 210 Å². The van der Waals surface area contributed by atoms with E-state index in [1.54, 1.807) is 0 Å². The Kier molecular flexibility index (Phi) is 29.9. The number of hydrogen-bond acceptors (Lipinski definition) is 12. The van der Waals surface area contributed by atoms with Crippen LogP contribution in [0.4, 0.5) is 0 Å². The second-order valence-electron chi connectivity index (χ2n) is 14.1. The molecule has 13 nitrogen and oxygen atoms in total. The van der Waals surface area contributed by atoms with Crippen molar-refractivity contribution in [2.24, 2.45) is 0 Å². The summed E-state index contributed by atoms with van der Waals surface area (Å²) in [6.45, 7) is 3.08. The minimum absolute atomic E-state index is 0.0834. The molecule has 0 radical (unpaired) electrons. The van der Waals surface area contributed by atoms with E-state index in [0.29, 0.717) is 19.3 Å². The van der Waals surface area contributed by atoms with Crippen LogP contribution in [0.15, 0.2) is 60.8 Å². The maximum Gasteiger partial charge on any atom is 0.472 e. The first kappa shape index (κ1) is 51.6. The van der Waals surface area contributed by atoms with E-state index in [9.17, 15) is 44.6 Å². The average Bonchev–Trinajstić information content (AvgIpc) is 3.18. The van der Waals surface area contributed by atoms with Crippen LogP contribution in [0.2, 0.25) is 0 Å². The standard InChI is InChI=1S/C42H71O13P/c1-3-5-7-9-11-13-15-16-17-18-19-20-21-23-24-26-28-30-35(43)52-32-34(54-36(44)31-29-27-25-22-14-12-10-8-6-4-2)33-53-56(50,51)55-42-40(48)38(46)37(45)39(47)41(42)49/h5,7,11,13,16-17,19-20,23-24,34,37-42,45-49H,3-4,6,8-10,12,14-15,18,21-22,25-33H2,1-2H3,(H,50,51)/b7-5+,13-11+,17-16+,20-19+,24-23+/t34-,37?,38-,39?,40?,41?,42?/m0/s1. The molecule has 0 heterocycles. The van der Waals surface area contributed by atoms with E-state index in [0.717, 1.165) is 57.8 Å². The van der Waals surface area contributed by atoms with Crippen molar-refractivity contribution in [1.29, 1.82) is 0 Å². The lowest BCUT2D eigenvalue weighted by atomic mass is 9.85.